The molecule has 0 amide bonds. The maximum Gasteiger partial charge on any atom is 0.296 e. The van der Waals surface area contributed by atoms with Gasteiger partial charge in [-0.05, 0) is 56.6 Å². The predicted molar refractivity (Wildman–Crippen MR) is 131 cm³/mol. The van der Waals surface area contributed by atoms with Crippen molar-refractivity contribution in [3.8, 4) is 11.5 Å². The lowest BCUT2D eigenvalue weighted by Crippen LogP contribution is -2.21. The Hall–Kier alpha value is -3.24. The predicted octanol–water partition coefficient (Wildman–Crippen LogP) is 4.18. The van der Waals surface area contributed by atoms with Crippen molar-refractivity contribution in [2.75, 3.05) is 45.0 Å². The molecule has 0 saturated carbocycles. The highest BCUT2D eigenvalue weighted by atomic mass is 19.3. The van der Waals surface area contributed by atoms with Gasteiger partial charge in [0.1, 0.15) is 24.4 Å². The van der Waals surface area contributed by atoms with Crippen LogP contribution in [0, 0.1) is 6.92 Å². The first kappa shape index (κ1) is 24.9. The highest BCUT2D eigenvalue weighted by Crippen LogP contribution is 2.37. The highest BCUT2D eigenvalue weighted by molar-refractivity contribution is 5.92. The largest absolute Gasteiger partial charge is 0.493 e. The fraction of sp³-hybridized carbons (Fsp3) is 0.440. The second-order valence-corrected chi connectivity index (χ2v) is 8.76. The average molecular weight is 488 g/mol. The quantitative estimate of drug-likeness (QED) is 0.386. The Kier molecular flexibility index (Phi) is 7.23. The van der Waals surface area contributed by atoms with E-state index in [0.29, 0.717) is 34.2 Å². The van der Waals surface area contributed by atoms with Crippen molar-refractivity contribution < 1.29 is 23.0 Å². The zero-order chi connectivity index (χ0) is 25.2. The Bertz CT molecular complexity index is 1200. The van der Waals surface area contributed by atoms with Crippen LogP contribution in [-0.4, -0.2) is 50.0 Å². The summed E-state index contributed by atoms with van der Waals surface area (Å²) in [5.41, 5.74) is 7.29. The molecule has 35 heavy (non-hydrogen) atoms. The van der Waals surface area contributed by atoms with Crippen LogP contribution in [0.4, 0.5) is 20.3 Å². The van der Waals surface area contributed by atoms with Crippen LogP contribution in [0.3, 0.4) is 0 Å². The molecule has 4 rings (SSSR count). The van der Waals surface area contributed by atoms with E-state index in [4.69, 9.17) is 15.2 Å². The van der Waals surface area contributed by atoms with E-state index in [2.05, 4.69) is 25.3 Å². The number of aromatic nitrogens is 2. The Morgan fingerprint density at radius 3 is 2.66 bits per heavy atom. The number of halogens is 2. The van der Waals surface area contributed by atoms with Crippen molar-refractivity contribution in [2.45, 2.75) is 38.3 Å². The van der Waals surface area contributed by atoms with E-state index < -0.39 is 12.5 Å². The Morgan fingerprint density at radius 1 is 1.17 bits per heavy atom. The molecule has 3 aromatic rings. The number of methoxy groups -OCH3 is 2. The van der Waals surface area contributed by atoms with Gasteiger partial charge in [-0.15, -0.1) is 0 Å². The molecule has 2 aromatic carbocycles. The standard InChI is InChI=1S/C25H31F2N5O3/c1-14(16-7-17(9-18(28)8-16)25(26,27)13-33-3)30-24-20-10-23(35-19-5-6-29-12-19)22(34-4)11-21(20)31-15(2)32-24/h7-11,14,19,29H,5-6,12-13,28H2,1-4H3,(H,30,31,32)/t14-,19+/m1/s1. The molecule has 0 radical (unpaired) electrons. The van der Waals surface area contributed by atoms with E-state index >= 15 is 0 Å². The van der Waals surface area contributed by atoms with Gasteiger partial charge in [-0.2, -0.15) is 8.78 Å². The van der Waals surface area contributed by atoms with E-state index in [9.17, 15) is 8.78 Å². The molecule has 1 saturated heterocycles. The van der Waals surface area contributed by atoms with Gasteiger partial charge >= 0.3 is 0 Å². The van der Waals surface area contributed by atoms with Crippen LogP contribution in [-0.2, 0) is 10.7 Å². The number of benzene rings is 2. The molecule has 8 nitrogen and oxygen atoms in total. The van der Waals surface area contributed by atoms with E-state index in [1.165, 1.54) is 19.2 Å². The number of nitrogens with one attached hydrogen (secondary N) is 2. The minimum Gasteiger partial charge on any atom is -0.493 e. The van der Waals surface area contributed by atoms with Crippen molar-refractivity contribution in [1.82, 2.24) is 15.3 Å². The van der Waals surface area contributed by atoms with E-state index in [1.54, 1.807) is 20.1 Å². The summed E-state index contributed by atoms with van der Waals surface area (Å²) in [5.74, 6) is -0.855. The van der Waals surface area contributed by atoms with Gasteiger partial charge in [0.2, 0.25) is 0 Å². The summed E-state index contributed by atoms with van der Waals surface area (Å²) in [4.78, 5) is 9.13. The second-order valence-electron chi connectivity index (χ2n) is 8.76. The van der Waals surface area contributed by atoms with Crippen LogP contribution in [0.5, 0.6) is 11.5 Å². The number of anilines is 2. The third-order valence-electron chi connectivity index (χ3n) is 5.98. The van der Waals surface area contributed by atoms with Crippen LogP contribution in [0.2, 0.25) is 0 Å². The first-order chi connectivity index (χ1) is 16.7. The molecule has 10 heteroatoms. The molecule has 1 aliphatic rings. The zero-order valence-electron chi connectivity index (χ0n) is 20.3. The number of aryl methyl sites for hydroxylation is 1. The van der Waals surface area contributed by atoms with Crippen LogP contribution >= 0.6 is 0 Å². The third kappa shape index (κ3) is 5.54. The second kappa shape index (κ2) is 10.2. The number of nitrogens with two attached hydrogens (primary N) is 1. The van der Waals surface area contributed by atoms with E-state index in [-0.39, 0.29) is 23.4 Å². The van der Waals surface area contributed by atoms with Crippen molar-refractivity contribution >= 4 is 22.4 Å². The number of hydrogen-bond donors (Lipinski definition) is 3. The van der Waals surface area contributed by atoms with Crippen molar-refractivity contribution in [2.24, 2.45) is 0 Å². The smallest absolute Gasteiger partial charge is 0.296 e. The Balaban J connectivity index is 1.69. The van der Waals surface area contributed by atoms with Gasteiger partial charge in [0.25, 0.3) is 5.92 Å². The maximum atomic E-state index is 14.5. The van der Waals surface area contributed by atoms with Crippen LogP contribution in [0.15, 0.2) is 30.3 Å². The van der Waals surface area contributed by atoms with Crippen molar-refractivity contribution in [1.29, 1.82) is 0 Å². The molecule has 0 unspecified atom stereocenters. The first-order valence-corrected chi connectivity index (χ1v) is 11.5. The van der Waals surface area contributed by atoms with Crippen molar-refractivity contribution in [3.05, 3.63) is 47.3 Å². The summed E-state index contributed by atoms with van der Waals surface area (Å²) in [6.45, 7) is 4.59. The Labute approximate surface area is 203 Å². The van der Waals surface area contributed by atoms with E-state index in [0.717, 1.165) is 24.9 Å². The van der Waals surface area contributed by atoms with Crippen LogP contribution < -0.4 is 25.8 Å². The monoisotopic (exact) mass is 487 g/mol. The minimum absolute atomic E-state index is 0.0440. The number of fused-ring (bicyclic) bond motifs is 1. The van der Waals surface area contributed by atoms with Crippen LogP contribution in [0.25, 0.3) is 10.9 Å². The van der Waals surface area contributed by atoms with Crippen LogP contribution in [0.1, 0.15) is 36.3 Å². The zero-order valence-corrected chi connectivity index (χ0v) is 20.3. The van der Waals surface area contributed by atoms with Gasteiger partial charge < -0.3 is 30.6 Å². The maximum absolute atomic E-state index is 14.5. The summed E-state index contributed by atoms with van der Waals surface area (Å²) in [6.07, 6.45) is 0.946. The number of ether oxygens (including phenoxy) is 3. The molecular formula is C25H31F2N5O3. The summed E-state index contributed by atoms with van der Waals surface area (Å²) >= 11 is 0. The summed E-state index contributed by atoms with van der Waals surface area (Å²) in [5, 5.41) is 7.36. The molecule has 0 spiro atoms. The first-order valence-electron chi connectivity index (χ1n) is 11.5. The van der Waals surface area contributed by atoms with Gasteiger partial charge in [-0.3, -0.25) is 0 Å². The number of hydrogen-bond acceptors (Lipinski definition) is 8. The van der Waals surface area contributed by atoms with Gasteiger partial charge in [0.15, 0.2) is 11.5 Å². The minimum atomic E-state index is -3.16. The molecule has 1 aromatic heterocycles. The molecule has 1 fully saturated rings. The van der Waals surface area contributed by atoms with Crippen molar-refractivity contribution in [3.63, 3.8) is 0 Å². The highest BCUT2D eigenvalue weighted by Gasteiger charge is 2.32. The number of nitrogen functional groups attached to an aromatic ring is 1. The number of rotatable bonds is 9. The lowest BCUT2D eigenvalue weighted by molar-refractivity contribution is -0.0698. The van der Waals surface area contributed by atoms with Gasteiger partial charge in [0.05, 0.1) is 18.7 Å². The number of alkyl halides is 2. The summed E-state index contributed by atoms with van der Waals surface area (Å²) in [7, 11) is 2.83. The fourth-order valence-electron chi connectivity index (χ4n) is 4.21. The number of nitrogens with zero attached hydrogens (tertiary/aromatic N) is 2. The molecular weight excluding hydrogens is 456 g/mol. The molecule has 0 bridgehead atoms. The SMILES string of the molecule is COCC(F)(F)c1cc(N)cc([C@@H](C)Nc2nc(C)nc3cc(OC)c(O[C@H]4CCNC4)cc23)c1. The molecule has 2 atom stereocenters. The third-order valence-corrected chi connectivity index (χ3v) is 5.98. The molecule has 188 valence electrons. The van der Waals surface area contributed by atoms with Gasteiger partial charge in [0, 0.05) is 36.4 Å². The summed E-state index contributed by atoms with van der Waals surface area (Å²) < 4.78 is 45.4. The molecule has 1 aliphatic heterocycles. The summed E-state index contributed by atoms with van der Waals surface area (Å²) in [6, 6.07) is 7.69. The lowest BCUT2D eigenvalue weighted by atomic mass is 10.00. The normalized spacial score (nSPS) is 16.9. The molecule has 4 N–H and O–H groups in total. The lowest BCUT2D eigenvalue weighted by Gasteiger charge is -2.22. The topological polar surface area (TPSA) is 104 Å². The molecule has 0 aliphatic carbocycles. The van der Waals surface area contributed by atoms with E-state index in [1.807, 2.05) is 19.1 Å². The average Bonchev–Trinajstić information content (AvgIpc) is 3.31. The van der Waals surface area contributed by atoms with Gasteiger partial charge in [-0.25, -0.2) is 9.97 Å². The molecule has 2 heterocycles. The Morgan fingerprint density at radius 2 is 1.97 bits per heavy atom. The fourth-order valence-corrected chi connectivity index (χ4v) is 4.21. The van der Waals surface area contributed by atoms with Gasteiger partial charge in [-0.1, -0.05) is 0 Å².